The molecule has 0 aliphatic carbocycles. The summed E-state index contributed by atoms with van der Waals surface area (Å²) in [7, 11) is 0. The second-order valence-electron chi connectivity index (χ2n) is 6.65. The van der Waals surface area contributed by atoms with Crippen LogP contribution in [-0.4, -0.2) is 29.8 Å². The minimum atomic E-state index is -0.574. The monoisotopic (exact) mass is 334 g/mol. The van der Waals surface area contributed by atoms with Crippen molar-refractivity contribution >= 4 is 11.8 Å². The van der Waals surface area contributed by atoms with Gasteiger partial charge < -0.3 is 15.1 Å². The maximum Gasteiger partial charge on any atom is 0.349 e. The van der Waals surface area contributed by atoms with E-state index in [0.29, 0.717) is 37.3 Å². The highest BCUT2D eigenvalue weighted by Gasteiger charge is 2.29. The summed E-state index contributed by atoms with van der Waals surface area (Å²) in [6.07, 6.45) is 3.00. The molecule has 0 bridgehead atoms. The second kappa shape index (κ2) is 7.64. The Hall–Kier alpha value is -2.11. The third-order valence-electron chi connectivity index (χ3n) is 4.77. The van der Waals surface area contributed by atoms with E-state index in [2.05, 4.69) is 6.92 Å². The van der Waals surface area contributed by atoms with E-state index in [1.54, 1.807) is 17.9 Å². The summed E-state index contributed by atoms with van der Waals surface area (Å²) in [6.45, 7) is 6.72. The summed E-state index contributed by atoms with van der Waals surface area (Å²) >= 11 is 0. The molecule has 1 saturated heterocycles. The van der Waals surface area contributed by atoms with Crippen LogP contribution in [0.15, 0.2) is 15.3 Å². The summed E-state index contributed by atoms with van der Waals surface area (Å²) in [5.74, 6) is -0.0602. The summed E-state index contributed by atoms with van der Waals surface area (Å²) in [4.78, 5) is 37.8. The molecule has 1 aromatic heterocycles. The fourth-order valence-corrected chi connectivity index (χ4v) is 3.23. The van der Waals surface area contributed by atoms with Crippen molar-refractivity contribution in [2.45, 2.75) is 52.4 Å². The molecule has 0 spiro atoms. The molecule has 1 aromatic rings. The predicted octanol–water partition coefficient (Wildman–Crippen LogP) is 2.19. The number of hydrogen-bond donors (Lipinski definition) is 1. The number of likely N-dealkylation sites (tertiary alicyclic amines) is 1. The zero-order valence-corrected chi connectivity index (χ0v) is 14.6. The largest absolute Gasteiger partial charge is 0.427 e. The smallest absolute Gasteiger partial charge is 0.349 e. The lowest BCUT2D eigenvalue weighted by Gasteiger charge is -2.30. The molecule has 1 aliphatic heterocycles. The minimum absolute atomic E-state index is 0.0972. The summed E-state index contributed by atoms with van der Waals surface area (Å²) in [6, 6.07) is 1.80. The standard InChI is InChI=1S/C18H26N2O4/c1-4-5-11(2)14-10-12(3)15(18(23)24-14)17(22)20-8-6-13(7-9-20)16(19)21/h10-11,13H,4-9H2,1-3H3,(H2,19,21). The number of hydrogen-bond acceptors (Lipinski definition) is 4. The van der Waals surface area contributed by atoms with Gasteiger partial charge in [0.15, 0.2) is 0 Å². The fourth-order valence-electron chi connectivity index (χ4n) is 3.23. The van der Waals surface area contributed by atoms with Crippen molar-refractivity contribution < 1.29 is 14.0 Å². The molecule has 2 N–H and O–H groups in total. The number of amides is 2. The molecule has 1 atom stereocenters. The van der Waals surface area contributed by atoms with Crippen molar-refractivity contribution in [2.75, 3.05) is 13.1 Å². The summed E-state index contributed by atoms with van der Waals surface area (Å²) in [5.41, 5.74) is 5.48. The number of aryl methyl sites for hydroxylation is 1. The average Bonchev–Trinajstić information content (AvgIpc) is 2.54. The first-order chi connectivity index (χ1) is 11.3. The van der Waals surface area contributed by atoms with Crippen molar-refractivity contribution in [3.8, 4) is 0 Å². The van der Waals surface area contributed by atoms with Crippen molar-refractivity contribution in [3.05, 3.63) is 33.4 Å². The molecule has 6 heteroatoms. The van der Waals surface area contributed by atoms with Crippen molar-refractivity contribution in [1.82, 2.24) is 4.90 Å². The van der Waals surface area contributed by atoms with Crippen LogP contribution in [0, 0.1) is 12.8 Å². The lowest BCUT2D eigenvalue weighted by molar-refractivity contribution is -0.123. The topological polar surface area (TPSA) is 93.6 Å². The average molecular weight is 334 g/mol. The highest BCUT2D eigenvalue weighted by Crippen LogP contribution is 2.23. The van der Waals surface area contributed by atoms with Gasteiger partial charge in [-0.15, -0.1) is 0 Å². The molecule has 1 unspecified atom stereocenters. The number of piperidine rings is 1. The highest BCUT2D eigenvalue weighted by atomic mass is 16.4. The summed E-state index contributed by atoms with van der Waals surface area (Å²) in [5, 5.41) is 0. The van der Waals surface area contributed by atoms with Crippen LogP contribution in [0.4, 0.5) is 0 Å². The third kappa shape index (κ3) is 3.86. The first-order valence-electron chi connectivity index (χ1n) is 8.58. The molecule has 132 valence electrons. The molecular weight excluding hydrogens is 308 g/mol. The Morgan fingerprint density at radius 1 is 1.38 bits per heavy atom. The number of carbonyl (C=O) groups excluding carboxylic acids is 2. The molecule has 0 saturated carbocycles. The van der Waals surface area contributed by atoms with E-state index in [4.69, 9.17) is 10.2 Å². The van der Waals surface area contributed by atoms with Gasteiger partial charge in [0.05, 0.1) is 0 Å². The Morgan fingerprint density at radius 2 is 2.00 bits per heavy atom. The molecule has 0 aromatic carbocycles. The highest BCUT2D eigenvalue weighted by molar-refractivity contribution is 5.95. The first kappa shape index (κ1) is 18.2. The van der Waals surface area contributed by atoms with Crippen LogP contribution < -0.4 is 11.4 Å². The van der Waals surface area contributed by atoms with Crippen LogP contribution in [0.3, 0.4) is 0 Å². The van der Waals surface area contributed by atoms with E-state index in [9.17, 15) is 14.4 Å². The van der Waals surface area contributed by atoms with E-state index in [1.165, 1.54) is 0 Å². The van der Waals surface area contributed by atoms with Crippen molar-refractivity contribution in [2.24, 2.45) is 11.7 Å². The van der Waals surface area contributed by atoms with Gasteiger partial charge in [-0.25, -0.2) is 4.79 Å². The Morgan fingerprint density at radius 3 is 2.50 bits per heavy atom. The zero-order valence-electron chi connectivity index (χ0n) is 14.6. The Balaban J connectivity index is 2.19. The van der Waals surface area contributed by atoms with Gasteiger partial charge >= 0.3 is 5.63 Å². The van der Waals surface area contributed by atoms with Gasteiger partial charge in [0, 0.05) is 24.9 Å². The maximum atomic E-state index is 12.7. The Kier molecular flexibility index (Phi) is 5.80. The fraction of sp³-hybridized carbons (Fsp3) is 0.611. The molecule has 0 radical (unpaired) electrons. The quantitative estimate of drug-likeness (QED) is 0.893. The molecule has 2 amide bonds. The van der Waals surface area contributed by atoms with Gasteiger partial charge in [-0.05, 0) is 37.8 Å². The SMILES string of the molecule is CCCC(C)c1cc(C)c(C(=O)N2CCC(C(N)=O)CC2)c(=O)o1. The number of nitrogens with zero attached hydrogens (tertiary/aromatic N) is 1. The second-order valence-corrected chi connectivity index (χ2v) is 6.65. The molecule has 1 fully saturated rings. The van der Waals surface area contributed by atoms with Gasteiger partial charge in [-0.2, -0.15) is 0 Å². The van der Waals surface area contributed by atoms with Crippen LogP contribution in [0.2, 0.25) is 0 Å². The van der Waals surface area contributed by atoms with Crippen LogP contribution in [0.5, 0.6) is 0 Å². The maximum absolute atomic E-state index is 12.7. The van der Waals surface area contributed by atoms with Gasteiger partial charge in [0.25, 0.3) is 5.91 Å². The van der Waals surface area contributed by atoms with E-state index in [0.717, 1.165) is 12.8 Å². The lowest BCUT2D eigenvalue weighted by atomic mass is 9.95. The van der Waals surface area contributed by atoms with Crippen molar-refractivity contribution in [1.29, 1.82) is 0 Å². The molecule has 2 rings (SSSR count). The predicted molar refractivity (Wildman–Crippen MR) is 90.9 cm³/mol. The van der Waals surface area contributed by atoms with Crippen molar-refractivity contribution in [3.63, 3.8) is 0 Å². The van der Waals surface area contributed by atoms with Gasteiger partial charge in [0.2, 0.25) is 5.91 Å². The normalized spacial score (nSPS) is 16.9. The molecular formula is C18H26N2O4. The number of carbonyl (C=O) groups is 2. The van der Waals surface area contributed by atoms with Crippen LogP contribution >= 0.6 is 0 Å². The molecule has 1 aliphatic rings. The van der Waals surface area contributed by atoms with E-state index < -0.39 is 5.63 Å². The number of nitrogens with two attached hydrogens (primary N) is 1. The molecule has 24 heavy (non-hydrogen) atoms. The van der Waals surface area contributed by atoms with Crippen LogP contribution in [-0.2, 0) is 4.79 Å². The zero-order chi connectivity index (χ0) is 17.9. The number of rotatable bonds is 5. The third-order valence-corrected chi connectivity index (χ3v) is 4.77. The Bertz CT molecular complexity index is 672. The first-order valence-corrected chi connectivity index (χ1v) is 8.58. The molecule has 2 heterocycles. The van der Waals surface area contributed by atoms with E-state index in [-0.39, 0.29) is 29.2 Å². The van der Waals surface area contributed by atoms with Gasteiger partial charge in [-0.3, -0.25) is 9.59 Å². The van der Waals surface area contributed by atoms with Gasteiger partial charge in [0.1, 0.15) is 11.3 Å². The van der Waals surface area contributed by atoms with E-state index in [1.807, 2.05) is 6.92 Å². The Labute approximate surface area is 142 Å². The van der Waals surface area contributed by atoms with E-state index >= 15 is 0 Å². The number of primary amides is 1. The van der Waals surface area contributed by atoms with Gasteiger partial charge in [-0.1, -0.05) is 20.3 Å². The minimum Gasteiger partial charge on any atom is -0.427 e. The van der Waals surface area contributed by atoms with Crippen LogP contribution in [0.25, 0.3) is 0 Å². The van der Waals surface area contributed by atoms with Crippen LogP contribution in [0.1, 0.15) is 67.1 Å². The lowest BCUT2D eigenvalue weighted by Crippen LogP contribution is -2.43. The summed E-state index contributed by atoms with van der Waals surface area (Å²) < 4.78 is 5.40. The molecule has 6 nitrogen and oxygen atoms in total.